The number of hydrogen-bond donors (Lipinski definition) is 1. The number of benzene rings is 1. The third-order valence-corrected chi connectivity index (χ3v) is 4.14. The Morgan fingerprint density at radius 3 is 2.67 bits per heavy atom. The van der Waals surface area contributed by atoms with Crippen molar-refractivity contribution in [1.29, 1.82) is 0 Å². The summed E-state index contributed by atoms with van der Waals surface area (Å²) >= 11 is 5.80. The van der Waals surface area contributed by atoms with Crippen LogP contribution in [0.25, 0.3) is 0 Å². The number of halogens is 1. The van der Waals surface area contributed by atoms with E-state index in [2.05, 4.69) is 5.10 Å². The normalized spacial score (nSPS) is 11.6. The maximum absolute atomic E-state index is 11.6. The first-order valence-electron chi connectivity index (χ1n) is 6.28. The summed E-state index contributed by atoms with van der Waals surface area (Å²) in [7, 11) is -2.10. The van der Waals surface area contributed by atoms with Crippen LogP contribution in [0.4, 0.5) is 0 Å². The third-order valence-electron chi connectivity index (χ3n) is 2.98. The highest BCUT2D eigenvalue weighted by Gasteiger charge is 2.16. The monoisotopic (exact) mass is 329 g/mol. The van der Waals surface area contributed by atoms with E-state index >= 15 is 0 Å². The number of hydrogen-bond acceptors (Lipinski definition) is 4. The van der Waals surface area contributed by atoms with Crippen molar-refractivity contribution in [2.45, 2.75) is 24.8 Å². The molecule has 0 unspecified atom stereocenters. The number of rotatable bonds is 5. The molecular formula is C13H16ClN3O3S. The van der Waals surface area contributed by atoms with Crippen LogP contribution in [0.5, 0.6) is 5.75 Å². The molecule has 0 aliphatic rings. The van der Waals surface area contributed by atoms with E-state index in [0.29, 0.717) is 0 Å². The standard InChI is InChI=1S/C13H16ClN3O3S/c1-3-10-7-11(17(2)16-10)8-20-12-5-4-9(14)6-13(12)21(15,18)19/h4-7H,3,8H2,1-2H3,(H2,15,18,19). The van der Waals surface area contributed by atoms with Gasteiger partial charge in [0.05, 0.1) is 11.4 Å². The average molecular weight is 330 g/mol. The summed E-state index contributed by atoms with van der Waals surface area (Å²) in [5.41, 5.74) is 1.78. The number of aromatic nitrogens is 2. The molecule has 114 valence electrons. The van der Waals surface area contributed by atoms with Crippen LogP contribution in [-0.2, 0) is 30.1 Å². The van der Waals surface area contributed by atoms with Crippen molar-refractivity contribution in [2.75, 3.05) is 0 Å². The summed E-state index contributed by atoms with van der Waals surface area (Å²) in [6.07, 6.45) is 0.817. The fourth-order valence-electron chi connectivity index (χ4n) is 1.85. The van der Waals surface area contributed by atoms with E-state index in [4.69, 9.17) is 21.5 Å². The van der Waals surface area contributed by atoms with Gasteiger partial charge in [-0.2, -0.15) is 5.10 Å². The predicted octanol–water partition coefficient (Wildman–Crippen LogP) is 1.86. The molecule has 0 saturated carbocycles. The number of sulfonamides is 1. The minimum atomic E-state index is -3.90. The molecule has 0 spiro atoms. The Morgan fingerprint density at radius 2 is 2.10 bits per heavy atom. The molecule has 0 atom stereocenters. The van der Waals surface area contributed by atoms with Crippen molar-refractivity contribution in [3.63, 3.8) is 0 Å². The van der Waals surface area contributed by atoms with Crippen molar-refractivity contribution < 1.29 is 13.2 Å². The molecule has 0 aliphatic carbocycles. The maximum Gasteiger partial charge on any atom is 0.241 e. The number of primary sulfonamides is 1. The number of nitrogens with zero attached hydrogens (tertiary/aromatic N) is 2. The molecule has 0 bridgehead atoms. The highest BCUT2D eigenvalue weighted by molar-refractivity contribution is 7.89. The van der Waals surface area contributed by atoms with Crippen LogP contribution >= 0.6 is 11.6 Å². The van der Waals surface area contributed by atoms with Gasteiger partial charge in [0.2, 0.25) is 10.0 Å². The fraction of sp³-hybridized carbons (Fsp3) is 0.308. The van der Waals surface area contributed by atoms with E-state index in [1.54, 1.807) is 17.8 Å². The largest absolute Gasteiger partial charge is 0.486 e. The third kappa shape index (κ3) is 3.75. The lowest BCUT2D eigenvalue weighted by atomic mass is 10.3. The fourth-order valence-corrected chi connectivity index (χ4v) is 2.79. The van der Waals surface area contributed by atoms with Crippen LogP contribution in [0.15, 0.2) is 29.2 Å². The van der Waals surface area contributed by atoms with Gasteiger partial charge in [0.25, 0.3) is 0 Å². The lowest BCUT2D eigenvalue weighted by Crippen LogP contribution is -2.14. The number of ether oxygens (including phenoxy) is 1. The second kappa shape index (κ2) is 6.05. The van der Waals surface area contributed by atoms with E-state index < -0.39 is 10.0 Å². The minimum absolute atomic E-state index is 0.132. The molecule has 2 rings (SSSR count). The summed E-state index contributed by atoms with van der Waals surface area (Å²) in [5.74, 6) is 0.168. The first-order valence-corrected chi connectivity index (χ1v) is 8.20. The summed E-state index contributed by atoms with van der Waals surface area (Å²) in [6.45, 7) is 2.19. The Balaban J connectivity index is 2.26. The van der Waals surface area contributed by atoms with E-state index in [0.717, 1.165) is 17.8 Å². The van der Waals surface area contributed by atoms with E-state index in [1.807, 2.05) is 13.0 Å². The van der Waals surface area contributed by atoms with Gasteiger partial charge in [0.15, 0.2) is 0 Å². The quantitative estimate of drug-likeness (QED) is 0.907. The topological polar surface area (TPSA) is 87.2 Å². The predicted molar refractivity (Wildman–Crippen MR) is 79.7 cm³/mol. The van der Waals surface area contributed by atoms with Gasteiger partial charge in [-0.05, 0) is 30.7 Å². The maximum atomic E-state index is 11.6. The lowest BCUT2D eigenvalue weighted by Gasteiger charge is -2.10. The van der Waals surface area contributed by atoms with Crippen molar-refractivity contribution in [1.82, 2.24) is 9.78 Å². The zero-order valence-corrected chi connectivity index (χ0v) is 13.3. The van der Waals surface area contributed by atoms with Crippen LogP contribution in [0, 0.1) is 0 Å². The van der Waals surface area contributed by atoms with Gasteiger partial charge in [-0.1, -0.05) is 18.5 Å². The molecule has 1 aromatic heterocycles. The second-order valence-electron chi connectivity index (χ2n) is 4.53. The number of nitrogens with two attached hydrogens (primary N) is 1. The molecule has 1 heterocycles. The molecule has 6 nitrogen and oxygen atoms in total. The van der Waals surface area contributed by atoms with Crippen LogP contribution < -0.4 is 9.88 Å². The SMILES string of the molecule is CCc1cc(COc2ccc(Cl)cc2S(N)(=O)=O)n(C)n1. The second-order valence-corrected chi connectivity index (χ2v) is 6.50. The summed E-state index contributed by atoms with van der Waals surface area (Å²) in [5, 5.41) is 9.74. The number of aryl methyl sites for hydroxylation is 2. The van der Waals surface area contributed by atoms with Crippen LogP contribution in [0.3, 0.4) is 0 Å². The van der Waals surface area contributed by atoms with Gasteiger partial charge in [0.1, 0.15) is 17.3 Å². The first-order chi connectivity index (χ1) is 9.81. The van der Waals surface area contributed by atoms with Gasteiger partial charge in [-0.3, -0.25) is 4.68 Å². The highest BCUT2D eigenvalue weighted by atomic mass is 35.5. The van der Waals surface area contributed by atoms with Crippen LogP contribution in [0.2, 0.25) is 5.02 Å². The molecule has 0 fully saturated rings. The first kappa shape index (κ1) is 15.8. The Labute approximate surface area is 128 Å². The van der Waals surface area contributed by atoms with Crippen molar-refractivity contribution in [3.8, 4) is 5.75 Å². The Hall–Kier alpha value is -1.57. The smallest absolute Gasteiger partial charge is 0.241 e. The summed E-state index contributed by atoms with van der Waals surface area (Å²) < 4.78 is 30.4. The van der Waals surface area contributed by atoms with Crippen molar-refractivity contribution in [3.05, 3.63) is 40.7 Å². The molecular weight excluding hydrogens is 314 g/mol. The minimum Gasteiger partial charge on any atom is -0.486 e. The van der Waals surface area contributed by atoms with Gasteiger partial charge in [0, 0.05) is 12.1 Å². The molecule has 1 aromatic carbocycles. The molecule has 0 radical (unpaired) electrons. The van der Waals surface area contributed by atoms with E-state index in [1.165, 1.54) is 12.1 Å². The van der Waals surface area contributed by atoms with Gasteiger partial charge in [-0.15, -0.1) is 0 Å². The van der Waals surface area contributed by atoms with E-state index in [-0.39, 0.29) is 22.3 Å². The molecule has 8 heteroatoms. The molecule has 0 saturated heterocycles. The van der Waals surface area contributed by atoms with Crippen molar-refractivity contribution in [2.24, 2.45) is 12.2 Å². The Kier molecular flexibility index (Phi) is 4.55. The van der Waals surface area contributed by atoms with Crippen LogP contribution in [-0.4, -0.2) is 18.2 Å². The van der Waals surface area contributed by atoms with Crippen LogP contribution in [0.1, 0.15) is 18.3 Å². The Morgan fingerprint density at radius 1 is 1.38 bits per heavy atom. The van der Waals surface area contributed by atoms with Gasteiger partial charge < -0.3 is 4.74 Å². The molecule has 2 N–H and O–H groups in total. The molecule has 21 heavy (non-hydrogen) atoms. The zero-order chi connectivity index (χ0) is 15.6. The summed E-state index contributed by atoms with van der Waals surface area (Å²) in [4.78, 5) is -0.132. The van der Waals surface area contributed by atoms with Gasteiger partial charge >= 0.3 is 0 Å². The van der Waals surface area contributed by atoms with E-state index in [9.17, 15) is 8.42 Å². The molecule has 2 aromatic rings. The molecule has 0 aliphatic heterocycles. The Bertz CT molecular complexity index is 756. The lowest BCUT2D eigenvalue weighted by molar-refractivity contribution is 0.287. The van der Waals surface area contributed by atoms with Crippen molar-refractivity contribution >= 4 is 21.6 Å². The average Bonchev–Trinajstić information content (AvgIpc) is 2.77. The summed E-state index contributed by atoms with van der Waals surface area (Å²) in [6, 6.07) is 6.21. The zero-order valence-electron chi connectivity index (χ0n) is 11.7. The molecule has 0 amide bonds. The van der Waals surface area contributed by atoms with Gasteiger partial charge in [-0.25, -0.2) is 13.6 Å². The highest BCUT2D eigenvalue weighted by Crippen LogP contribution is 2.27.